The van der Waals surface area contributed by atoms with E-state index in [2.05, 4.69) is 25.6 Å². The van der Waals surface area contributed by atoms with Crippen LogP contribution in [0.25, 0.3) is 5.82 Å². The molecule has 0 radical (unpaired) electrons. The van der Waals surface area contributed by atoms with Crippen LogP contribution in [0, 0.1) is 12.7 Å². The molecule has 1 aliphatic rings. The largest absolute Gasteiger partial charge is 0.356 e. The van der Waals surface area contributed by atoms with Gasteiger partial charge >= 0.3 is 0 Å². The Bertz CT molecular complexity index is 1000. The van der Waals surface area contributed by atoms with Crippen molar-refractivity contribution < 1.29 is 4.39 Å². The maximum Gasteiger partial charge on any atom is 0.191 e. The number of pyridine rings is 1. The second-order valence-corrected chi connectivity index (χ2v) is 7.41. The molecule has 0 amide bonds. The molecule has 0 aliphatic heterocycles. The first-order valence-electron chi connectivity index (χ1n) is 9.76. The van der Waals surface area contributed by atoms with Crippen LogP contribution in [0.15, 0.2) is 60.0 Å². The van der Waals surface area contributed by atoms with E-state index in [1.807, 2.05) is 48.1 Å². The molecule has 29 heavy (non-hydrogen) atoms. The van der Waals surface area contributed by atoms with Gasteiger partial charge in [-0.1, -0.05) is 24.3 Å². The van der Waals surface area contributed by atoms with E-state index < -0.39 is 0 Å². The minimum absolute atomic E-state index is 0.130. The number of aromatic nitrogens is 3. The molecule has 1 saturated carbocycles. The molecule has 0 bridgehead atoms. The first kappa shape index (κ1) is 19.1. The van der Waals surface area contributed by atoms with Crippen LogP contribution in [0.3, 0.4) is 0 Å². The molecule has 0 atom stereocenters. The number of benzene rings is 1. The molecule has 1 aromatic carbocycles. The Morgan fingerprint density at radius 1 is 1.17 bits per heavy atom. The third-order valence-corrected chi connectivity index (χ3v) is 5.46. The molecule has 6 nitrogen and oxygen atoms in total. The van der Waals surface area contributed by atoms with E-state index in [4.69, 9.17) is 0 Å². The van der Waals surface area contributed by atoms with Gasteiger partial charge in [-0.25, -0.2) is 14.4 Å². The van der Waals surface area contributed by atoms with E-state index in [0.29, 0.717) is 19.0 Å². The summed E-state index contributed by atoms with van der Waals surface area (Å²) < 4.78 is 16.1. The second-order valence-electron chi connectivity index (χ2n) is 7.41. The standard InChI is InChI=1S/C22H25FN6/c1-16-25-11-12-29(16)20-8-7-17(13-26-20)14-27-21(24-2)28-15-22(9-10-22)18-5-3-4-6-19(18)23/h3-8,11-13H,9-10,14-15H2,1-2H3,(H2,24,27,28). The van der Waals surface area contributed by atoms with Gasteiger partial charge < -0.3 is 10.6 Å². The van der Waals surface area contributed by atoms with Gasteiger partial charge in [0.05, 0.1) is 0 Å². The van der Waals surface area contributed by atoms with Gasteiger partial charge in [0, 0.05) is 44.1 Å². The summed E-state index contributed by atoms with van der Waals surface area (Å²) in [6.45, 7) is 3.20. The summed E-state index contributed by atoms with van der Waals surface area (Å²) in [4.78, 5) is 13.0. The summed E-state index contributed by atoms with van der Waals surface area (Å²) in [5.74, 6) is 2.31. The van der Waals surface area contributed by atoms with Gasteiger partial charge in [0.25, 0.3) is 0 Å². The molecule has 2 heterocycles. The molecule has 0 unspecified atom stereocenters. The number of imidazole rings is 1. The predicted molar refractivity (Wildman–Crippen MR) is 112 cm³/mol. The lowest BCUT2D eigenvalue weighted by molar-refractivity contribution is 0.559. The number of halogens is 1. The number of hydrogen-bond donors (Lipinski definition) is 2. The molecule has 2 aromatic heterocycles. The third kappa shape index (κ3) is 4.13. The van der Waals surface area contributed by atoms with Crippen molar-refractivity contribution in [3.8, 4) is 5.82 Å². The Kier molecular flexibility index (Phi) is 5.29. The highest BCUT2D eigenvalue weighted by Crippen LogP contribution is 2.48. The lowest BCUT2D eigenvalue weighted by atomic mass is 9.95. The number of aliphatic imine (C=N–C) groups is 1. The highest BCUT2D eigenvalue weighted by Gasteiger charge is 2.45. The SMILES string of the molecule is CN=C(NCc1ccc(-n2ccnc2C)nc1)NCC1(c2ccccc2F)CC1. The summed E-state index contributed by atoms with van der Waals surface area (Å²) in [6.07, 6.45) is 7.46. The average Bonchev–Trinajstić information content (AvgIpc) is 3.41. The van der Waals surface area contributed by atoms with Crippen molar-refractivity contribution in [2.24, 2.45) is 4.99 Å². The molecule has 0 saturated heterocycles. The number of nitrogens with one attached hydrogen (secondary N) is 2. The first-order chi connectivity index (χ1) is 14.1. The smallest absolute Gasteiger partial charge is 0.191 e. The quantitative estimate of drug-likeness (QED) is 0.500. The topological polar surface area (TPSA) is 67.1 Å². The van der Waals surface area contributed by atoms with Gasteiger partial charge in [0.1, 0.15) is 17.5 Å². The van der Waals surface area contributed by atoms with Crippen LogP contribution in [0.5, 0.6) is 0 Å². The van der Waals surface area contributed by atoms with Gasteiger partial charge in [0.2, 0.25) is 0 Å². The lowest BCUT2D eigenvalue weighted by Gasteiger charge is -2.19. The number of hydrogen-bond acceptors (Lipinski definition) is 3. The van der Waals surface area contributed by atoms with E-state index in [1.165, 1.54) is 6.07 Å². The van der Waals surface area contributed by atoms with Gasteiger partial charge in [-0.05, 0) is 43.0 Å². The fourth-order valence-corrected chi connectivity index (χ4v) is 3.53. The summed E-state index contributed by atoms with van der Waals surface area (Å²) in [5, 5.41) is 6.65. The van der Waals surface area contributed by atoms with Crippen LogP contribution in [0.1, 0.15) is 29.8 Å². The predicted octanol–water partition coefficient (Wildman–Crippen LogP) is 3.11. The number of guanidine groups is 1. The average molecular weight is 392 g/mol. The van der Waals surface area contributed by atoms with E-state index in [1.54, 1.807) is 19.3 Å². The molecule has 7 heteroatoms. The fraction of sp³-hybridized carbons (Fsp3) is 0.318. The van der Waals surface area contributed by atoms with E-state index in [0.717, 1.165) is 35.6 Å². The lowest BCUT2D eigenvalue weighted by Crippen LogP contribution is -2.41. The molecule has 150 valence electrons. The van der Waals surface area contributed by atoms with Gasteiger partial charge in [-0.2, -0.15) is 0 Å². The maximum atomic E-state index is 14.2. The summed E-state index contributed by atoms with van der Waals surface area (Å²) >= 11 is 0. The molecular weight excluding hydrogens is 367 g/mol. The minimum Gasteiger partial charge on any atom is -0.356 e. The van der Waals surface area contributed by atoms with Crippen molar-refractivity contribution in [3.05, 3.63) is 77.8 Å². The zero-order valence-electron chi connectivity index (χ0n) is 16.7. The Morgan fingerprint density at radius 3 is 2.62 bits per heavy atom. The Hall–Kier alpha value is -3.22. The summed E-state index contributed by atoms with van der Waals surface area (Å²) in [6, 6.07) is 11.0. The van der Waals surface area contributed by atoms with Crippen molar-refractivity contribution in [2.75, 3.05) is 13.6 Å². The maximum absolute atomic E-state index is 14.2. The van der Waals surface area contributed by atoms with Crippen LogP contribution in [0.4, 0.5) is 4.39 Å². The molecule has 1 fully saturated rings. The van der Waals surface area contributed by atoms with E-state index >= 15 is 0 Å². The van der Waals surface area contributed by atoms with Gasteiger partial charge in [-0.3, -0.25) is 9.56 Å². The Balaban J connectivity index is 1.33. The zero-order valence-corrected chi connectivity index (χ0v) is 16.7. The van der Waals surface area contributed by atoms with E-state index in [-0.39, 0.29) is 11.2 Å². The third-order valence-electron chi connectivity index (χ3n) is 5.46. The molecule has 1 aliphatic carbocycles. The van der Waals surface area contributed by atoms with Crippen LogP contribution >= 0.6 is 0 Å². The molecule has 0 spiro atoms. The van der Waals surface area contributed by atoms with Crippen LogP contribution in [0.2, 0.25) is 0 Å². The van der Waals surface area contributed by atoms with Crippen LogP contribution < -0.4 is 10.6 Å². The first-order valence-corrected chi connectivity index (χ1v) is 9.76. The molecule has 3 aromatic rings. The minimum atomic E-state index is -0.131. The zero-order chi connectivity index (χ0) is 20.3. The Labute approximate surface area is 169 Å². The highest BCUT2D eigenvalue weighted by atomic mass is 19.1. The van der Waals surface area contributed by atoms with Crippen molar-refractivity contribution >= 4 is 5.96 Å². The monoisotopic (exact) mass is 392 g/mol. The number of nitrogens with zero attached hydrogens (tertiary/aromatic N) is 4. The fourth-order valence-electron chi connectivity index (χ4n) is 3.53. The number of aryl methyl sites for hydroxylation is 1. The van der Waals surface area contributed by atoms with E-state index in [9.17, 15) is 4.39 Å². The van der Waals surface area contributed by atoms with Gasteiger partial charge in [0.15, 0.2) is 5.96 Å². The van der Waals surface area contributed by atoms with Crippen molar-refractivity contribution in [1.29, 1.82) is 0 Å². The highest BCUT2D eigenvalue weighted by molar-refractivity contribution is 5.79. The Morgan fingerprint density at radius 2 is 2.00 bits per heavy atom. The van der Waals surface area contributed by atoms with Crippen molar-refractivity contribution in [1.82, 2.24) is 25.2 Å². The molecular formula is C22H25FN6. The second kappa shape index (κ2) is 8.03. The van der Waals surface area contributed by atoms with Crippen LogP contribution in [-0.2, 0) is 12.0 Å². The molecule has 2 N–H and O–H groups in total. The normalized spacial score (nSPS) is 15.2. The molecule has 4 rings (SSSR count). The summed E-state index contributed by atoms with van der Waals surface area (Å²) in [7, 11) is 1.74. The number of rotatable bonds is 6. The van der Waals surface area contributed by atoms with Crippen molar-refractivity contribution in [2.45, 2.75) is 31.7 Å². The van der Waals surface area contributed by atoms with Crippen molar-refractivity contribution in [3.63, 3.8) is 0 Å². The summed E-state index contributed by atoms with van der Waals surface area (Å²) in [5.41, 5.74) is 1.71. The van der Waals surface area contributed by atoms with Crippen LogP contribution in [-0.4, -0.2) is 34.1 Å². The van der Waals surface area contributed by atoms with Gasteiger partial charge in [-0.15, -0.1) is 0 Å².